The zero-order chi connectivity index (χ0) is 24.0. The lowest BCUT2D eigenvalue weighted by molar-refractivity contribution is -0.145. The number of ether oxygens (including phenoxy) is 3. The minimum absolute atomic E-state index is 0.00444. The van der Waals surface area contributed by atoms with Crippen LogP contribution in [-0.4, -0.2) is 42.7 Å². The Morgan fingerprint density at radius 3 is 2.45 bits per heavy atom. The molecule has 8 nitrogen and oxygen atoms in total. The van der Waals surface area contributed by atoms with Gasteiger partial charge in [-0.15, -0.1) is 0 Å². The van der Waals surface area contributed by atoms with E-state index in [1.807, 2.05) is 6.92 Å². The molecule has 1 aliphatic rings. The quantitative estimate of drug-likeness (QED) is 0.240. The third-order valence-corrected chi connectivity index (χ3v) is 5.33. The number of benzene rings is 2. The SMILES string of the molecule is CCOC(=O)COc1ccc(/C=C2\C(=O)NC(=S)N(c3ccc(OCC)cc3)C2=O)cc1Br. The van der Waals surface area contributed by atoms with Crippen molar-refractivity contribution in [2.24, 2.45) is 0 Å². The maximum absolute atomic E-state index is 13.1. The first-order chi connectivity index (χ1) is 15.8. The molecule has 1 N–H and O–H groups in total. The van der Waals surface area contributed by atoms with Crippen molar-refractivity contribution < 1.29 is 28.6 Å². The molecule has 0 atom stereocenters. The van der Waals surface area contributed by atoms with Crippen LogP contribution in [0.25, 0.3) is 6.08 Å². The average Bonchev–Trinajstić information content (AvgIpc) is 2.77. The fourth-order valence-corrected chi connectivity index (χ4v) is 3.77. The zero-order valence-corrected chi connectivity index (χ0v) is 20.3. The third kappa shape index (κ3) is 5.96. The Balaban J connectivity index is 1.82. The molecule has 10 heteroatoms. The molecule has 0 aliphatic carbocycles. The Kier molecular flexibility index (Phi) is 8.18. The second kappa shape index (κ2) is 11.1. The highest BCUT2D eigenvalue weighted by Crippen LogP contribution is 2.28. The van der Waals surface area contributed by atoms with Crippen molar-refractivity contribution in [2.75, 3.05) is 24.7 Å². The lowest BCUT2D eigenvalue weighted by Gasteiger charge is -2.29. The molecule has 0 saturated carbocycles. The molecule has 2 aromatic rings. The largest absolute Gasteiger partial charge is 0.494 e. The number of halogens is 1. The van der Waals surface area contributed by atoms with E-state index in [1.54, 1.807) is 49.4 Å². The van der Waals surface area contributed by atoms with Crippen LogP contribution in [0.2, 0.25) is 0 Å². The van der Waals surface area contributed by atoms with Crippen LogP contribution >= 0.6 is 28.1 Å². The van der Waals surface area contributed by atoms with Gasteiger partial charge < -0.3 is 14.2 Å². The number of nitrogens with one attached hydrogen (secondary N) is 1. The Hall–Kier alpha value is -3.24. The highest BCUT2D eigenvalue weighted by Gasteiger charge is 2.34. The summed E-state index contributed by atoms with van der Waals surface area (Å²) in [7, 11) is 0. The molecule has 0 aromatic heterocycles. The number of amides is 2. The fourth-order valence-electron chi connectivity index (χ4n) is 2.98. The van der Waals surface area contributed by atoms with Crippen LogP contribution < -0.4 is 19.7 Å². The summed E-state index contributed by atoms with van der Waals surface area (Å²) in [6.45, 7) is 4.14. The van der Waals surface area contributed by atoms with Gasteiger partial charge >= 0.3 is 5.97 Å². The Morgan fingerprint density at radius 2 is 1.82 bits per heavy atom. The van der Waals surface area contributed by atoms with Gasteiger partial charge in [-0.05, 0) is 90.0 Å². The van der Waals surface area contributed by atoms with Crippen molar-refractivity contribution >= 4 is 62.8 Å². The molecular formula is C23H21BrN2O6S. The fraction of sp³-hybridized carbons (Fsp3) is 0.217. The van der Waals surface area contributed by atoms with E-state index in [1.165, 1.54) is 11.0 Å². The molecule has 33 heavy (non-hydrogen) atoms. The van der Waals surface area contributed by atoms with E-state index in [9.17, 15) is 14.4 Å². The number of hydrogen-bond acceptors (Lipinski definition) is 7. The summed E-state index contributed by atoms with van der Waals surface area (Å²) in [5.41, 5.74) is 0.996. The molecule has 1 heterocycles. The number of rotatable bonds is 8. The van der Waals surface area contributed by atoms with Crippen LogP contribution in [0, 0.1) is 0 Å². The van der Waals surface area contributed by atoms with Crippen LogP contribution in [0.3, 0.4) is 0 Å². The summed E-state index contributed by atoms with van der Waals surface area (Å²) < 4.78 is 16.2. The van der Waals surface area contributed by atoms with Crippen molar-refractivity contribution in [3.63, 3.8) is 0 Å². The van der Waals surface area contributed by atoms with Gasteiger partial charge in [-0.25, -0.2) is 4.79 Å². The average molecular weight is 533 g/mol. The monoisotopic (exact) mass is 532 g/mol. The predicted molar refractivity (Wildman–Crippen MR) is 130 cm³/mol. The van der Waals surface area contributed by atoms with Crippen LogP contribution in [-0.2, 0) is 19.1 Å². The number of nitrogens with zero attached hydrogens (tertiary/aromatic N) is 1. The van der Waals surface area contributed by atoms with E-state index in [0.29, 0.717) is 33.8 Å². The molecule has 172 valence electrons. The van der Waals surface area contributed by atoms with Gasteiger partial charge in [0.1, 0.15) is 17.1 Å². The van der Waals surface area contributed by atoms with Gasteiger partial charge in [-0.2, -0.15) is 0 Å². The number of carbonyl (C=O) groups is 3. The number of thiocarbonyl (C=S) groups is 1. The maximum Gasteiger partial charge on any atom is 0.344 e. The van der Waals surface area contributed by atoms with Crippen LogP contribution in [0.1, 0.15) is 19.4 Å². The van der Waals surface area contributed by atoms with Crippen molar-refractivity contribution in [1.29, 1.82) is 0 Å². The Labute approximate surface area is 204 Å². The second-order valence-corrected chi connectivity index (χ2v) is 7.91. The summed E-state index contributed by atoms with van der Waals surface area (Å²) in [6.07, 6.45) is 1.46. The summed E-state index contributed by atoms with van der Waals surface area (Å²) in [4.78, 5) is 38.4. The van der Waals surface area contributed by atoms with Crippen molar-refractivity contribution in [1.82, 2.24) is 5.32 Å². The lowest BCUT2D eigenvalue weighted by Crippen LogP contribution is -2.54. The lowest BCUT2D eigenvalue weighted by atomic mass is 10.1. The van der Waals surface area contributed by atoms with E-state index in [-0.39, 0.29) is 23.9 Å². The van der Waals surface area contributed by atoms with Gasteiger partial charge in [-0.3, -0.25) is 19.8 Å². The summed E-state index contributed by atoms with van der Waals surface area (Å²) >= 11 is 8.60. The van der Waals surface area contributed by atoms with Gasteiger partial charge in [0.25, 0.3) is 11.8 Å². The summed E-state index contributed by atoms with van der Waals surface area (Å²) in [5.74, 6) is -0.545. The molecule has 0 radical (unpaired) electrons. The summed E-state index contributed by atoms with van der Waals surface area (Å²) in [6, 6.07) is 11.8. The van der Waals surface area contributed by atoms with E-state index in [4.69, 9.17) is 26.4 Å². The normalized spacial score (nSPS) is 14.8. The molecular weight excluding hydrogens is 512 g/mol. The molecule has 1 aliphatic heterocycles. The second-order valence-electron chi connectivity index (χ2n) is 6.67. The van der Waals surface area contributed by atoms with Crippen LogP contribution in [0.15, 0.2) is 52.5 Å². The molecule has 1 saturated heterocycles. The Bertz CT molecular complexity index is 1120. The number of carbonyl (C=O) groups excluding carboxylic acids is 3. The molecule has 0 spiro atoms. The van der Waals surface area contributed by atoms with Crippen LogP contribution in [0.5, 0.6) is 11.5 Å². The minimum atomic E-state index is -0.592. The van der Waals surface area contributed by atoms with E-state index in [2.05, 4.69) is 21.2 Å². The van der Waals surface area contributed by atoms with E-state index < -0.39 is 17.8 Å². The molecule has 0 bridgehead atoms. The third-order valence-electron chi connectivity index (χ3n) is 4.43. The van der Waals surface area contributed by atoms with Gasteiger partial charge in [-0.1, -0.05) is 6.07 Å². The van der Waals surface area contributed by atoms with E-state index >= 15 is 0 Å². The van der Waals surface area contributed by atoms with Crippen LogP contribution in [0.4, 0.5) is 5.69 Å². The zero-order valence-electron chi connectivity index (χ0n) is 17.9. The Morgan fingerprint density at radius 1 is 1.09 bits per heavy atom. The number of hydrogen-bond donors (Lipinski definition) is 1. The number of anilines is 1. The molecule has 1 fully saturated rings. The first-order valence-electron chi connectivity index (χ1n) is 10.1. The standard InChI is InChI=1S/C23H21BrN2O6S/c1-3-30-16-8-6-15(7-9-16)26-22(29)17(21(28)25-23(26)33)11-14-5-10-19(18(24)12-14)32-13-20(27)31-4-2/h5-12H,3-4,13H2,1-2H3,(H,25,28,33)/b17-11+. The maximum atomic E-state index is 13.1. The van der Waals surface area contributed by atoms with Gasteiger partial charge in [0.2, 0.25) is 0 Å². The van der Waals surface area contributed by atoms with E-state index in [0.717, 1.165) is 0 Å². The molecule has 0 unspecified atom stereocenters. The van der Waals surface area contributed by atoms with Gasteiger partial charge in [0.05, 0.1) is 23.4 Å². The van der Waals surface area contributed by atoms with Gasteiger partial charge in [0, 0.05) is 0 Å². The smallest absolute Gasteiger partial charge is 0.344 e. The van der Waals surface area contributed by atoms with Crippen molar-refractivity contribution in [3.05, 3.63) is 58.1 Å². The highest BCUT2D eigenvalue weighted by molar-refractivity contribution is 9.10. The van der Waals surface area contributed by atoms with Gasteiger partial charge in [0.15, 0.2) is 11.7 Å². The minimum Gasteiger partial charge on any atom is -0.494 e. The molecule has 2 amide bonds. The first-order valence-corrected chi connectivity index (χ1v) is 11.3. The van der Waals surface area contributed by atoms with Crippen molar-refractivity contribution in [3.8, 4) is 11.5 Å². The topological polar surface area (TPSA) is 94.2 Å². The number of esters is 1. The molecule has 2 aromatic carbocycles. The highest BCUT2D eigenvalue weighted by atomic mass is 79.9. The first kappa shape index (κ1) is 24.4. The van der Waals surface area contributed by atoms with Crippen molar-refractivity contribution in [2.45, 2.75) is 13.8 Å². The summed E-state index contributed by atoms with van der Waals surface area (Å²) in [5, 5.41) is 2.54. The predicted octanol–water partition coefficient (Wildman–Crippen LogP) is 3.62. The molecule has 3 rings (SSSR count).